The molecule has 106 valence electrons. The maximum atomic E-state index is 12.5. The van der Waals surface area contributed by atoms with Crippen LogP contribution in [0, 0.1) is 0 Å². The van der Waals surface area contributed by atoms with Crippen molar-refractivity contribution in [3.05, 3.63) is 34.3 Å². The molecule has 0 bridgehead atoms. The molecule has 1 atom stereocenters. The van der Waals surface area contributed by atoms with Crippen molar-refractivity contribution in [3.63, 3.8) is 0 Å². The van der Waals surface area contributed by atoms with Crippen molar-refractivity contribution in [3.8, 4) is 0 Å². The Morgan fingerprint density at radius 3 is 2.68 bits per heavy atom. The van der Waals surface area contributed by atoms with E-state index in [0.717, 1.165) is 29.4 Å². The lowest BCUT2D eigenvalue weighted by Crippen LogP contribution is -2.41. The largest absolute Gasteiger partial charge is 0.318 e. The van der Waals surface area contributed by atoms with Gasteiger partial charge in [-0.1, -0.05) is 28.1 Å². The molecule has 2 rings (SSSR count). The fourth-order valence-corrected chi connectivity index (χ4v) is 4.57. The third kappa shape index (κ3) is 3.78. The predicted octanol–water partition coefficient (Wildman–Crippen LogP) is 1.96. The van der Waals surface area contributed by atoms with Crippen molar-refractivity contribution in [1.82, 2.24) is 9.62 Å². The molecule has 0 saturated carbocycles. The predicted molar refractivity (Wildman–Crippen MR) is 80.4 cm³/mol. The zero-order chi connectivity index (χ0) is 13.9. The van der Waals surface area contributed by atoms with Crippen molar-refractivity contribution in [2.24, 2.45) is 0 Å². The first kappa shape index (κ1) is 15.0. The second-order valence-corrected chi connectivity index (χ2v) is 7.68. The lowest BCUT2D eigenvalue weighted by molar-refractivity contribution is 0.378. The number of nitrogens with one attached hydrogen (secondary N) is 1. The molecule has 0 spiro atoms. The topological polar surface area (TPSA) is 49.4 Å². The van der Waals surface area contributed by atoms with Crippen molar-refractivity contribution in [2.45, 2.75) is 24.6 Å². The Labute approximate surface area is 123 Å². The van der Waals surface area contributed by atoms with Gasteiger partial charge >= 0.3 is 0 Å². The first-order valence-corrected chi connectivity index (χ1v) is 8.82. The number of nitrogens with zero attached hydrogens (tertiary/aromatic N) is 1. The van der Waals surface area contributed by atoms with Gasteiger partial charge in [-0.3, -0.25) is 0 Å². The van der Waals surface area contributed by atoms with Gasteiger partial charge in [0.1, 0.15) is 0 Å². The Morgan fingerprint density at radius 1 is 1.37 bits per heavy atom. The number of likely N-dealkylation sites (N-methyl/N-ethyl adjacent to an activating group) is 1. The highest BCUT2D eigenvalue weighted by atomic mass is 79.9. The first-order valence-electron chi connectivity index (χ1n) is 6.41. The summed E-state index contributed by atoms with van der Waals surface area (Å²) in [6.45, 7) is 1.37. The zero-order valence-corrected chi connectivity index (χ0v) is 13.4. The molecule has 1 aliphatic rings. The van der Waals surface area contributed by atoms with Crippen LogP contribution in [0.5, 0.6) is 0 Å². The van der Waals surface area contributed by atoms with Crippen molar-refractivity contribution in [1.29, 1.82) is 0 Å². The molecule has 0 amide bonds. The lowest BCUT2D eigenvalue weighted by Gasteiger charge is -2.23. The molecular formula is C13H19BrN2O2S. The van der Waals surface area contributed by atoms with Crippen molar-refractivity contribution < 1.29 is 8.42 Å². The smallest absolute Gasteiger partial charge is 0.218 e. The minimum absolute atomic E-state index is 0.0838. The van der Waals surface area contributed by atoms with E-state index >= 15 is 0 Å². The SMILES string of the molecule is CNC[C@H]1CCCN1S(=O)(=O)Cc1ccc(Br)cc1. The molecule has 1 saturated heterocycles. The number of halogens is 1. The number of sulfonamides is 1. The van der Waals surface area contributed by atoms with Crippen LogP contribution < -0.4 is 5.32 Å². The number of hydrogen-bond donors (Lipinski definition) is 1. The van der Waals surface area contributed by atoms with Crippen LogP contribution in [-0.4, -0.2) is 38.9 Å². The highest BCUT2D eigenvalue weighted by molar-refractivity contribution is 9.10. The standard InChI is InChI=1S/C13H19BrN2O2S/c1-15-9-13-3-2-8-16(13)19(17,18)10-11-4-6-12(14)7-5-11/h4-7,13,15H,2-3,8-10H2,1H3/t13-/m1/s1. The third-order valence-corrected chi connectivity index (χ3v) is 5.80. The summed E-state index contributed by atoms with van der Waals surface area (Å²) in [6, 6.07) is 7.56. The molecule has 0 aliphatic carbocycles. The van der Waals surface area contributed by atoms with Gasteiger partial charge in [-0.25, -0.2) is 8.42 Å². The summed E-state index contributed by atoms with van der Waals surface area (Å²) in [5.41, 5.74) is 0.832. The molecule has 6 heteroatoms. The van der Waals surface area contributed by atoms with Crippen LogP contribution in [0.1, 0.15) is 18.4 Å². The van der Waals surface area contributed by atoms with Crippen LogP contribution in [-0.2, 0) is 15.8 Å². The van der Waals surface area contributed by atoms with E-state index in [-0.39, 0.29) is 11.8 Å². The van der Waals surface area contributed by atoms with Gasteiger partial charge in [0, 0.05) is 23.6 Å². The van der Waals surface area contributed by atoms with E-state index in [9.17, 15) is 8.42 Å². The van der Waals surface area contributed by atoms with Crippen LogP contribution in [0.3, 0.4) is 0 Å². The van der Waals surface area contributed by atoms with Gasteiger partial charge in [0.2, 0.25) is 10.0 Å². The molecule has 1 fully saturated rings. The van der Waals surface area contributed by atoms with E-state index in [0.29, 0.717) is 6.54 Å². The van der Waals surface area contributed by atoms with Crippen molar-refractivity contribution in [2.75, 3.05) is 20.1 Å². The first-order chi connectivity index (χ1) is 9.03. The number of rotatable bonds is 5. The molecule has 0 unspecified atom stereocenters. The summed E-state index contributed by atoms with van der Waals surface area (Å²) in [6.07, 6.45) is 1.90. The zero-order valence-electron chi connectivity index (χ0n) is 11.0. The Balaban J connectivity index is 2.11. The van der Waals surface area contributed by atoms with Gasteiger partial charge in [-0.2, -0.15) is 4.31 Å². The van der Waals surface area contributed by atoms with Crippen LogP contribution in [0.4, 0.5) is 0 Å². The Bertz CT molecular complexity index is 516. The van der Waals surface area contributed by atoms with E-state index in [1.165, 1.54) is 0 Å². The number of benzene rings is 1. The molecule has 1 N–H and O–H groups in total. The van der Waals surface area contributed by atoms with E-state index in [4.69, 9.17) is 0 Å². The highest BCUT2D eigenvalue weighted by Gasteiger charge is 2.33. The van der Waals surface area contributed by atoms with Crippen LogP contribution in [0.25, 0.3) is 0 Å². The van der Waals surface area contributed by atoms with Crippen LogP contribution in [0.15, 0.2) is 28.7 Å². The molecule has 4 nitrogen and oxygen atoms in total. The molecule has 1 aromatic rings. The molecule has 19 heavy (non-hydrogen) atoms. The minimum Gasteiger partial charge on any atom is -0.318 e. The van der Waals surface area contributed by atoms with Gasteiger partial charge in [-0.15, -0.1) is 0 Å². The minimum atomic E-state index is -3.22. The summed E-state index contributed by atoms with van der Waals surface area (Å²) < 4.78 is 27.5. The second kappa shape index (κ2) is 6.35. The quantitative estimate of drug-likeness (QED) is 0.886. The summed E-state index contributed by atoms with van der Waals surface area (Å²) >= 11 is 3.35. The van der Waals surface area contributed by atoms with Crippen LogP contribution in [0.2, 0.25) is 0 Å². The maximum Gasteiger partial charge on any atom is 0.218 e. The second-order valence-electron chi connectivity index (χ2n) is 4.85. The van der Waals surface area contributed by atoms with E-state index in [2.05, 4.69) is 21.2 Å². The fourth-order valence-electron chi connectivity index (χ4n) is 2.49. The Kier molecular flexibility index (Phi) is 5.00. The van der Waals surface area contributed by atoms with Gasteiger partial charge in [0.05, 0.1) is 5.75 Å². The van der Waals surface area contributed by atoms with Crippen molar-refractivity contribution >= 4 is 26.0 Å². The fraction of sp³-hybridized carbons (Fsp3) is 0.538. The molecule has 1 aromatic carbocycles. The molecule has 0 radical (unpaired) electrons. The molecular weight excluding hydrogens is 328 g/mol. The van der Waals surface area contributed by atoms with E-state index in [1.807, 2.05) is 31.3 Å². The molecule has 1 aliphatic heterocycles. The summed E-state index contributed by atoms with van der Waals surface area (Å²) in [7, 11) is -1.36. The molecule has 1 heterocycles. The lowest BCUT2D eigenvalue weighted by atomic mass is 10.2. The maximum absolute atomic E-state index is 12.5. The Morgan fingerprint density at radius 2 is 2.05 bits per heavy atom. The van der Waals surface area contributed by atoms with E-state index < -0.39 is 10.0 Å². The number of hydrogen-bond acceptors (Lipinski definition) is 3. The van der Waals surface area contributed by atoms with Gasteiger partial charge in [0.15, 0.2) is 0 Å². The van der Waals surface area contributed by atoms with Crippen LogP contribution >= 0.6 is 15.9 Å². The third-order valence-electron chi connectivity index (χ3n) is 3.38. The van der Waals surface area contributed by atoms with Gasteiger partial charge < -0.3 is 5.32 Å². The van der Waals surface area contributed by atoms with Gasteiger partial charge in [0.25, 0.3) is 0 Å². The average Bonchev–Trinajstić information content (AvgIpc) is 2.81. The summed E-state index contributed by atoms with van der Waals surface area (Å²) in [5, 5.41) is 3.07. The average molecular weight is 347 g/mol. The highest BCUT2D eigenvalue weighted by Crippen LogP contribution is 2.23. The van der Waals surface area contributed by atoms with E-state index in [1.54, 1.807) is 4.31 Å². The van der Waals surface area contributed by atoms with Gasteiger partial charge in [-0.05, 0) is 37.6 Å². The normalized spacial score (nSPS) is 20.8. The Hall–Kier alpha value is -0.430. The monoisotopic (exact) mass is 346 g/mol. The molecule has 0 aromatic heterocycles. The summed E-state index contributed by atoms with van der Waals surface area (Å²) in [5.74, 6) is 0.0838. The summed E-state index contributed by atoms with van der Waals surface area (Å²) in [4.78, 5) is 0.